The second-order valence-electron chi connectivity index (χ2n) is 5.44. The molecule has 4 nitrogen and oxygen atoms in total. The van der Waals surface area contributed by atoms with Gasteiger partial charge in [-0.05, 0) is 44.2 Å². The standard InChI is InChI=1S/C14H17ClN2O2/c15-9-4-5-13(16-8-9)14(19)17-10-2-1-3-11(17)7-12(18)6-10/h4-5,8,10-12,18H,1-3,6-7H2/t10-,11+,12?. The number of nitrogens with zero attached hydrogens (tertiary/aromatic N) is 2. The molecule has 2 aliphatic rings. The van der Waals surface area contributed by atoms with Crippen LogP contribution in [0.1, 0.15) is 42.6 Å². The van der Waals surface area contributed by atoms with Crippen molar-refractivity contribution in [3.05, 3.63) is 29.0 Å². The number of carbonyl (C=O) groups is 1. The number of halogens is 1. The fourth-order valence-electron chi connectivity index (χ4n) is 3.32. The predicted octanol–water partition coefficient (Wildman–Crippen LogP) is 2.25. The topological polar surface area (TPSA) is 53.4 Å². The molecule has 1 aromatic rings. The van der Waals surface area contributed by atoms with Gasteiger partial charge in [-0.15, -0.1) is 0 Å². The van der Waals surface area contributed by atoms with Crippen molar-refractivity contribution >= 4 is 17.5 Å². The van der Waals surface area contributed by atoms with Gasteiger partial charge in [-0.3, -0.25) is 4.79 Å². The minimum Gasteiger partial charge on any atom is -0.393 e. The van der Waals surface area contributed by atoms with Crippen molar-refractivity contribution in [3.63, 3.8) is 0 Å². The molecule has 2 aliphatic heterocycles. The molecule has 102 valence electrons. The van der Waals surface area contributed by atoms with E-state index >= 15 is 0 Å². The molecular weight excluding hydrogens is 264 g/mol. The largest absolute Gasteiger partial charge is 0.393 e. The van der Waals surface area contributed by atoms with Crippen molar-refractivity contribution < 1.29 is 9.90 Å². The molecule has 1 N–H and O–H groups in total. The Labute approximate surface area is 117 Å². The molecule has 5 heteroatoms. The summed E-state index contributed by atoms with van der Waals surface area (Å²) in [5.41, 5.74) is 0.442. The zero-order valence-electron chi connectivity index (χ0n) is 10.6. The number of hydrogen-bond acceptors (Lipinski definition) is 3. The van der Waals surface area contributed by atoms with E-state index in [9.17, 15) is 9.90 Å². The highest BCUT2D eigenvalue weighted by molar-refractivity contribution is 6.30. The molecule has 2 saturated heterocycles. The van der Waals surface area contributed by atoms with Gasteiger partial charge in [0.15, 0.2) is 0 Å². The second kappa shape index (κ2) is 5.10. The Morgan fingerprint density at radius 2 is 2.00 bits per heavy atom. The number of fused-ring (bicyclic) bond motifs is 2. The lowest BCUT2D eigenvalue weighted by molar-refractivity contribution is -0.0154. The maximum Gasteiger partial charge on any atom is 0.272 e. The summed E-state index contributed by atoms with van der Waals surface area (Å²) in [7, 11) is 0. The first kappa shape index (κ1) is 12.9. The van der Waals surface area contributed by atoms with Crippen LogP contribution in [0.25, 0.3) is 0 Å². The Kier molecular flexibility index (Phi) is 3.46. The van der Waals surface area contributed by atoms with Crippen molar-refractivity contribution in [2.45, 2.75) is 50.3 Å². The maximum absolute atomic E-state index is 12.6. The van der Waals surface area contributed by atoms with Gasteiger partial charge in [0.05, 0.1) is 11.1 Å². The number of rotatable bonds is 1. The van der Waals surface area contributed by atoms with E-state index in [0.29, 0.717) is 23.6 Å². The van der Waals surface area contributed by atoms with Gasteiger partial charge in [0.2, 0.25) is 0 Å². The van der Waals surface area contributed by atoms with Crippen molar-refractivity contribution in [3.8, 4) is 0 Å². The summed E-state index contributed by atoms with van der Waals surface area (Å²) in [5, 5.41) is 10.4. The van der Waals surface area contributed by atoms with E-state index in [0.717, 1.165) is 19.3 Å². The predicted molar refractivity (Wildman–Crippen MR) is 72.1 cm³/mol. The van der Waals surface area contributed by atoms with Crippen LogP contribution in [0.4, 0.5) is 0 Å². The zero-order valence-corrected chi connectivity index (χ0v) is 11.4. The quantitative estimate of drug-likeness (QED) is 0.858. The monoisotopic (exact) mass is 280 g/mol. The van der Waals surface area contributed by atoms with Crippen LogP contribution < -0.4 is 0 Å². The van der Waals surface area contributed by atoms with Gasteiger partial charge >= 0.3 is 0 Å². The van der Waals surface area contributed by atoms with Crippen LogP contribution in [0.2, 0.25) is 5.02 Å². The highest BCUT2D eigenvalue weighted by Crippen LogP contribution is 2.34. The van der Waals surface area contributed by atoms with E-state index in [1.54, 1.807) is 12.1 Å². The lowest BCUT2D eigenvalue weighted by Gasteiger charge is -2.47. The number of pyridine rings is 1. The van der Waals surface area contributed by atoms with Crippen molar-refractivity contribution in [1.29, 1.82) is 0 Å². The number of aliphatic hydroxyl groups is 1. The fourth-order valence-corrected chi connectivity index (χ4v) is 3.43. The molecule has 2 fully saturated rings. The Morgan fingerprint density at radius 1 is 1.32 bits per heavy atom. The van der Waals surface area contributed by atoms with Crippen molar-refractivity contribution in [2.75, 3.05) is 0 Å². The summed E-state index contributed by atoms with van der Waals surface area (Å²) < 4.78 is 0. The number of aromatic nitrogens is 1. The molecular formula is C14H17ClN2O2. The minimum absolute atomic E-state index is 0.0294. The summed E-state index contributed by atoms with van der Waals surface area (Å²) >= 11 is 5.80. The summed E-state index contributed by atoms with van der Waals surface area (Å²) in [6.45, 7) is 0. The molecule has 3 heterocycles. The second-order valence-corrected chi connectivity index (χ2v) is 5.87. The number of amides is 1. The molecule has 1 amide bonds. The average Bonchev–Trinajstić information content (AvgIpc) is 2.37. The van der Waals surface area contributed by atoms with Gasteiger partial charge in [0, 0.05) is 18.3 Å². The molecule has 0 aliphatic carbocycles. The molecule has 0 saturated carbocycles. The number of piperidine rings is 2. The van der Waals surface area contributed by atoms with Crippen LogP contribution in [-0.4, -0.2) is 39.1 Å². The maximum atomic E-state index is 12.6. The first-order chi connectivity index (χ1) is 9.15. The van der Waals surface area contributed by atoms with Gasteiger partial charge in [-0.1, -0.05) is 11.6 Å². The van der Waals surface area contributed by atoms with Crippen LogP contribution in [-0.2, 0) is 0 Å². The lowest BCUT2D eigenvalue weighted by atomic mass is 9.82. The fraction of sp³-hybridized carbons (Fsp3) is 0.571. The number of carbonyl (C=O) groups excluding carboxylic acids is 1. The van der Waals surface area contributed by atoms with Crippen LogP contribution in [0.15, 0.2) is 18.3 Å². The van der Waals surface area contributed by atoms with Crippen molar-refractivity contribution in [1.82, 2.24) is 9.88 Å². The first-order valence-corrected chi connectivity index (χ1v) is 7.15. The molecule has 0 radical (unpaired) electrons. The van der Waals surface area contributed by atoms with Gasteiger partial charge < -0.3 is 10.0 Å². The zero-order chi connectivity index (χ0) is 13.4. The Balaban J connectivity index is 1.84. The van der Waals surface area contributed by atoms with Gasteiger partial charge in [-0.25, -0.2) is 4.98 Å². The smallest absolute Gasteiger partial charge is 0.272 e. The van der Waals surface area contributed by atoms with E-state index in [-0.39, 0.29) is 24.1 Å². The Hall–Kier alpha value is -1.13. The molecule has 3 rings (SSSR count). The van der Waals surface area contributed by atoms with E-state index in [4.69, 9.17) is 11.6 Å². The van der Waals surface area contributed by atoms with Gasteiger partial charge in [0.1, 0.15) is 5.69 Å². The van der Waals surface area contributed by atoms with E-state index in [1.807, 2.05) is 4.90 Å². The van der Waals surface area contributed by atoms with E-state index in [1.165, 1.54) is 6.20 Å². The Bertz CT molecular complexity index is 463. The highest BCUT2D eigenvalue weighted by Gasteiger charge is 2.40. The third kappa shape index (κ3) is 2.47. The van der Waals surface area contributed by atoms with Crippen LogP contribution in [0.5, 0.6) is 0 Å². The van der Waals surface area contributed by atoms with Gasteiger partial charge in [-0.2, -0.15) is 0 Å². The van der Waals surface area contributed by atoms with E-state index in [2.05, 4.69) is 4.98 Å². The Morgan fingerprint density at radius 3 is 2.58 bits per heavy atom. The van der Waals surface area contributed by atoms with E-state index < -0.39 is 0 Å². The summed E-state index contributed by atoms with van der Waals surface area (Å²) in [4.78, 5) is 18.6. The summed E-state index contributed by atoms with van der Waals surface area (Å²) in [6, 6.07) is 3.68. The molecule has 1 aromatic heterocycles. The highest BCUT2D eigenvalue weighted by atomic mass is 35.5. The third-order valence-electron chi connectivity index (χ3n) is 4.13. The molecule has 1 unspecified atom stereocenters. The first-order valence-electron chi connectivity index (χ1n) is 6.77. The molecule has 0 aromatic carbocycles. The van der Waals surface area contributed by atoms with Crippen LogP contribution in [0.3, 0.4) is 0 Å². The van der Waals surface area contributed by atoms with Gasteiger partial charge in [0.25, 0.3) is 5.91 Å². The van der Waals surface area contributed by atoms with Crippen LogP contribution >= 0.6 is 11.6 Å². The molecule has 19 heavy (non-hydrogen) atoms. The minimum atomic E-state index is -0.266. The summed E-state index contributed by atoms with van der Waals surface area (Å²) in [6.07, 6.45) is 5.71. The third-order valence-corrected chi connectivity index (χ3v) is 4.35. The number of hydrogen-bond donors (Lipinski definition) is 1. The molecule has 3 atom stereocenters. The summed E-state index contributed by atoms with van der Waals surface area (Å²) in [5.74, 6) is -0.0294. The SMILES string of the molecule is O=C(c1ccc(Cl)cn1)N1[C@@H]2CCC[C@H]1CC(O)C2. The normalized spacial score (nSPS) is 30.2. The average molecular weight is 281 g/mol. The lowest BCUT2D eigenvalue weighted by Crippen LogP contribution is -2.56. The molecule has 0 spiro atoms. The van der Waals surface area contributed by atoms with Crippen LogP contribution in [0, 0.1) is 0 Å². The molecule has 2 bridgehead atoms. The number of aliphatic hydroxyl groups excluding tert-OH is 1. The van der Waals surface area contributed by atoms with Crippen molar-refractivity contribution in [2.24, 2.45) is 0 Å².